The summed E-state index contributed by atoms with van der Waals surface area (Å²) < 4.78 is 27.0. The number of rotatable bonds is 9. The summed E-state index contributed by atoms with van der Waals surface area (Å²) >= 11 is 15.7. The normalized spacial score (nSPS) is 12.2. The molecule has 2 aromatic carbocycles. The molecule has 0 aromatic heterocycles. The van der Waals surface area contributed by atoms with E-state index in [2.05, 4.69) is 21.2 Å². The molecule has 7 nitrogen and oxygen atoms in total. The van der Waals surface area contributed by atoms with Gasteiger partial charge in [0.05, 0.1) is 11.9 Å². The zero-order valence-corrected chi connectivity index (χ0v) is 22.6. The van der Waals surface area contributed by atoms with Gasteiger partial charge in [0.15, 0.2) is 0 Å². The number of hydrogen-bond acceptors (Lipinski definition) is 4. The molecule has 33 heavy (non-hydrogen) atoms. The average molecular weight is 579 g/mol. The van der Waals surface area contributed by atoms with Gasteiger partial charge in [-0.05, 0) is 54.8 Å². The van der Waals surface area contributed by atoms with E-state index in [-0.39, 0.29) is 12.5 Å². The van der Waals surface area contributed by atoms with Crippen molar-refractivity contribution in [2.45, 2.75) is 32.9 Å². The number of nitrogens with zero attached hydrogens (tertiary/aromatic N) is 2. The molecule has 11 heteroatoms. The van der Waals surface area contributed by atoms with E-state index in [0.717, 1.165) is 20.6 Å². The standard InChI is InChI=1S/C22H26BrCl2N3O4S/c1-5-20(22(30)26-3)27(12-15-6-7-16(24)11-19(15)25)21(29)13-28(33(4,31)32)17-8-9-18(23)14(2)10-17/h6-11,20H,5,12-13H2,1-4H3,(H,26,30)/t20-/m0/s1. The number of hydrogen-bond donors (Lipinski definition) is 1. The lowest BCUT2D eigenvalue weighted by Crippen LogP contribution is -2.51. The predicted molar refractivity (Wildman–Crippen MR) is 136 cm³/mol. The monoisotopic (exact) mass is 577 g/mol. The molecule has 0 aliphatic carbocycles. The van der Waals surface area contributed by atoms with Gasteiger partial charge in [-0.15, -0.1) is 0 Å². The van der Waals surface area contributed by atoms with Gasteiger partial charge in [-0.2, -0.15) is 0 Å². The number of anilines is 1. The Hall–Kier alpha value is -1.81. The number of carbonyl (C=O) groups excluding carboxylic acids is 2. The van der Waals surface area contributed by atoms with Crippen LogP contribution >= 0.6 is 39.1 Å². The number of nitrogens with one attached hydrogen (secondary N) is 1. The zero-order chi connectivity index (χ0) is 24.9. The van der Waals surface area contributed by atoms with Crippen LogP contribution in [0.4, 0.5) is 5.69 Å². The predicted octanol–water partition coefficient (Wildman–Crippen LogP) is 4.38. The first-order chi connectivity index (χ1) is 15.4. The van der Waals surface area contributed by atoms with Crippen LogP contribution in [0.5, 0.6) is 0 Å². The summed E-state index contributed by atoms with van der Waals surface area (Å²) in [5.74, 6) is -0.899. The van der Waals surface area contributed by atoms with Gasteiger partial charge in [0.1, 0.15) is 12.6 Å². The van der Waals surface area contributed by atoms with Gasteiger partial charge in [0.2, 0.25) is 21.8 Å². The number of amides is 2. The second-order valence-electron chi connectivity index (χ2n) is 7.50. The molecule has 0 saturated heterocycles. The van der Waals surface area contributed by atoms with Crippen molar-refractivity contribution in [3.63, 3.8) is 0 Å². The lowest BCUT2D eigenvalue weighted by Gasteiger charge is -2.32. The number of aryl methyl sites for hydroxylation is 1. The molecule has 0 spiro atoms. The third-order valence-corrected chi connectivity index (χ3v) is 7.71. The van der Waals surface area contributed by atoms with Crippen LogP contribution in [0.1, 0.15) is 24.5 Å². The Bertz CT molecular complexity index is 1140. The summed E-state index contributed by atoms with van der Waals surface area (Å²) in [6.07, 6.45) is 1.36. The van der Waals surface area contributed by atoms with Crippen LogP contribution in [0.2, 0.25) is 10.0 Å². The molecule has 1 atom stereocenters. The van der Waals surface area contributed by atoms with E-state index >= 15 is 0 Å². The minimum Gasteiger partial charge on any atom is -0.357 e. The Kier molecular flexibility index (Phi) is 9.60. The zero-order valence-electron chi connectivity index (χ0n) is 18.7. The molecular weight excluding hydrogens is 553 g/mol. The third kappa shape index (κ3) is 7.09. The lowest BCUT2D eigenvalue weighted by atomic mass is 10.1. The van der Waals surface area contributed by atoms with E-state index in [1.165, 1.54) is 11.9 Å². The number of likely N-dealkylation sites (N-methyl/N-ethyl adjacent to an activating group) is 1. The molecule has 0 saturated carbocycles. The first kappa shape index (κ1) is 27.4. The number of carbonyl (C=O) groups is 2. The van der Waals surface area contributed by atoms with Crippen molar-refractivity contribution in [1.29, 1.82) is 0 Å². The highest BCUT2D eigenvalue weighted by Gasteiger charge is 2.31. The summed E-state index contributed by atoms with van der Waals surface area (Å²) in [4.78, 5) is 27.4. The molecule has 0 unspecified atom stereocenters. The van der Waals surface area contributed by atoms with Gasteiger partial charge >= 0.3 is 0 Å². The fraction of sp³-hybridized carbons (Fsp3) is 0.364. The van der Waals surface area contributed by atoms with E-state index < -0.39 is 28.5 Å². The Morgan fingerprint density at radius 1 is 1.15 bits per heavy atom. The van der Waals surface area contributed by atoms with Gasteiger partial charge in [-0.1, -0.05) is 52.1 Å². The Balaban J connectivity index is 2.48. The van der Waals surface area contributed by atoms with Crippen LogP contribution in [-0.2, 0) is 26.2 Å². The van der Waals surface area contributed by atoms with Crippen LogP contribution in [0.3, 0.4) is 0 Å². The van der Waals surface area contributed by atoms with E-state index in [4.69, 9.17) is 23.2 Å². The largest absolute Gasteiger partial charge is 0.357 e. The first-order valence-electron chi connectivity index (χ1n) is 10.1. The van der Waals surface area contributed by atoms with Crippen molar-refractivity contribution in [2.24, 2.45) is 0 Å². The van der Waals surface area contributed by atoms with Crippen LogP contribution in [0.25, 0.3) is 0 Å². The molecule has 0 heterocycles. The Labute approximate surface area is 213 Å². The Morgan fingerprint density at radius 3 is 2.33 bits per heavy atom. The molecule has 0 bridgehead atoms. The maximum atomic E-state index is 13.5. The number of halogens is 3. The fourth-order valence-electron chi connectivity index (χ4n) is 3.32. The number of benzene rings is 2. The molecule has 2 aromatic rings. The minimum atomic E-state index is -3.79. The van der Waals surface area contributed by atoms with Crippen LogP contribution < -0.4 is 9.62 Å². The molecule has 2 rings (SSSR count). The molecule has 1 N–H and O–H groups in total. The second-order valence-corrected chi connectivity index (χ2v) is 11.1. The van der Waals surface area contributed by atoms with Gasteiger partial charge < -0.3 is 10.2 Å². The SMILES string of the molecule is CC[C@@H](C(=O)NC)N(Cc1ccc(Cl)cc1Cl)C(=O)CN(c1ccc(Br)c(C)c1)S(C)(=O)=O. The maximum absolute atomic E-state index is 13.5. The molecule has 0 radical (unpaired) electrons. The summed E-state index contributed by atoms with van der Waals surface area (Å²) in [6.45, 7) is 3.13. The first-order valence-corrected chi connectivity index (χ1v) is 13.5. The summed E-state index contributed by atoms with van der Waals surface area (Å²) in [6, 6.07) is 9.06. The third-order valence-electron chi connectivity index (χ3n) is 5.10. The van der Waals surface area contributed by atoms with Crippen LogP contribution in [0, 0.1) is 6.92 Å². The topological polar surface area (TPSA) is 86.8 Å². The van der Waals surface area contributed by atoms with Gasteiger partial charge in [-0.25, -0.2) is 8.42 Å². The quantitative estimate of drug-likeness (QED) is 0.478. The van der Waals surface area contributed by atoms with E-state index in [1.807, 2.05) is 6.92 Å². The summed E-state index contributed by atoms with van der Waals surface area (Å²) in [5, 5.41) is 3.35. The Morgan fingerprint density at radius 2 is 1.82 bits per heavy atom. The smallest absolute Gasteiger partial charge is 0.244 e. The molecule has 0 aliphatic rings. The average Bonchev–Trinajstić information content (AvgIpc) is 2.74. The second kappa shape index (κ2) is 11.6. The van der Waals surface area contributed by atoms with Gasteiger partial charge in [-0.3, -0.25) is 13.9 Å². The van der Waals surface area contributed by atoms with E-state index in [1.54, 1.807) is 43.3 Å². The van der Waals surface area contributed by atoms with Gasteiger partial charge in [0.25, 0.3) is 0 Å². The van der Waals surface area contributed by atoms with E-state index in [9.17, 15) is 18.0 Å². The fourth-order valence-corrected chi connectivity index (χ4v) is 4.87. The van der Waals surface area contributed by atoms with Crippen LogP contribution in [-0.4, -0.2) is 51.0 Å². The van der Waals surface area contributed by atoms with Crippen molar-refractivity contribution >= 4 is 66.7 Å². The molecule has 2 amide bonds. The molecule has 0 fully saturated rings. The minimum absolute atomic E-state index is 0.0116. The summed E-state index contributed by atoms with van der Waals surface area (Å²) in [5.41, 5.74) is 1.75. The highest BCUT2D eigenvalue weighted by atomic mass is 79.9. The maximum Gasteiger partial charge on any atom is 0.244 e. The summed E-state index contributed by atoms with van der Waals surface area (Å²) in [7, 11) is -2.31. The van der Waals surface area contributed by atoms with Crippen molar-refractivity contribution in [2.75, 3.05) is 24.2 Å². The van der Waals surface area contributed by atoms with Crippen molar-refractivity contribution in [1.82, 2.24) is 10.2 Å². The van der Waals surface area contributed by atoms with Crippen molar-refractivity contribution < 1.29 is 18.0 Å². The number of sulfonamides is 1. The molecular formula is C22H26BrCl2N3O4S. The van der Waals surface area contributed by atoms with Crippen molar-refractivity contribution in [3.05, 3.63) is 62.0 Å². The molecule has 180 valence electrons. The van der Waals surface area contributed by atoms with Crippen LogP contribution in [0.15, 0.2) is 40.9 Å². The molecule has 0 aliphatic heterocycles. The highest BCUT2D eigenvalue weighted by molar-refractivity contribution is 9.10. The lowest BCUT2D eigenvalue weighted by molar-refractivity contribution is -0.140. The van der Waals surface area contributed by atoms with Gasteiger partial charge in [0, 0.05) is 28.1 Å². The van der Waals surface area contributed by atoms with Crippen molar-refractivity contribution in [3.8, 4) is 0 Å². The highest BCUT2D eigenvalue weighted by Crippen LogP contribution is 2.26. The van der Waals surface area contributed by atoms with E-state index in [0.29, 0.717) is 27.7 Å².